The molecule has 0 aliphatic carbocycles. The fraction of sp³-hybridized carbons (Fsp3) is 0.400. The molecule has 2 aromatic rings. The lowest BCUT2D eigenvalue weighted by Crippen LogP contribution is -2.06. The highest BCUT2D eigenvalue weighted by Gasteiger charge is 2.15. The normalized spacial score (nSPS) is 10.5. The zero-order valence-electron chi connectivity index (χ0n) is 13.7. The van der Waals surface area contributed by atoms with Crippen LogP contribution in [0.5, 0.6) is 11.5 Å². The van der Waals surface area contributed by atoms with E-state index in [4.69, 9.17) is 14.2 Å². The first-order chi connectivity index (χ1) is 11.7. The lowest BCUT2D eigenvalue weighted by Gasteiger charge is -2.09. The molecule has 9 heteroatoms. The average molecular weight is 369 g/mol. The highest BCUT2D eigenvalue weighted by molar-refractivity contribution is 8.01. The molecule has 7 nitrogen and oxygen atoms in total. The molecule has 0 fully saturated rings. The molecule has 24 heavy (non-hydrogen) atoms. The van der Waals surface area contributed by atoms with Crippen LogP contribution < -0.4 is 14.8 Å². The van der Waals surface area contributed by atoms with Crippen LogP contribution in [0.15, 0.2) is 22.5 Å². The van der Waals surface area contributed by atoms with Crippen molar-refractivity contribution in [1.82, 2.24) is 10.2 Å². The Labute approximate surface area is 148 Å². The second kappa shape index (κ2) is 9.45. The van der Waals surface area contributed by atoms with E-state index in [1.54, 1.807) is 32.4 Å². The molecular formula is C15H19N3O4S2. The molecule has 0 spiro atoms. The van der Waals surface area contributed by atoms with Crippen molar-refractivity contribution in [3.63, 3.8) is 0 Å². The summed E-state index contributed by atoms with van der Waals surface area (Å²) >= 11 is 2.76. The number of anilines is 1. The molecule has 1 N–H and O–H groups in total. The number of carbonyl (C=O) groups excluding carboxylic acids is 1. The van der Waals surface area contributed by atoms with Crippen molar-refractivity contribution >= 4 is 34.0 Å². The first-order valence-corrected chi connectivity index (χ1v) is 8.92. The second-order valence-electron chi connectivity index (χ2n) is 4.57. The Morgan fingerprint density at radius 1 is 1.25 bits per heavy atom. The minimum atomic E-state index is -0.0383. The molecule has 2 rings (SSSR count). The summed E-state index contributed by atoms with van der Waals surface area (Å²) in [7, 11) is 4.74. The van der Waals surface area contributed by atoms with Gasteiger partial charge in [0.25, 0.3) is 0 Å². The van der Waals surface area contributed by atoms with Crippen LogP contribution in [-0.4, -0.2) is 56.2 Å². The van der Waals surface area contributed by atoms with Crippen molar-refractivity contribution in [1.29, 1.82) is 0 Å². The standard InChI is InChI=1S/C15H19N3O4S2/c1-20-7-6-16-14-17-18-15(24-14)23-9-12(19)11-5-4-10(21-2)8-13(11)22-3/h4-5,8H,6-7,9H2,1-3H3,(H,16,17). The summed E-state index contributed by atoms with van der Waals surface area (Å²) in [6.45, 7) is 1.26. The van der Waals surface area contributed by atoms with Crippen LogP contribution >= 0.6 is 23.1 Å². The van der Waals surface area contributed by atoms with Gasteiger partial charge in [-0.2, -0.15) is 0 Å². The Kier molecular flexibility index (Phi) is 7.29. The molecule has 1 aromatic carbocycles. The van der Waals surface area contributed by atoms with Crippen LogP contribution in [-0.2, 0) is 4.74 Å². The predicted octanol–water partition coefficient (Wildman–Crippen LogP) is 2.59. The molecule has 0 amide bonds. The summed E-state index contributed by atoms with van der Waals surface area (Å²) in [6, 6.07) is 5.14. The number of Topliss-reactive ketones (excluding diaryl/α,β-unsaturated/α-hetero) is 1. The van der Waals surface area contributed by atoms with Crippen LogP contribution in [0.3, 0.4) is 0 Å². The zero-order chi connectivity index (χ0) is 17.4. The summed E-state index contributed by atoms with van der Waals surface area (Å²) in [5.74, 6) is 1.37. The van der Waals surface area contributed by atoms with Gasteiger partial charge in [0.15, 0.2) is 10.1 Å². The highest BCUT2D eigenvalue weighted by atomic mass is 32.2. The minimum absolute atomic E-state index is 0.0383. The van der Waals surface area contributed by atoms with E-state index in [2.05, 4.69) is 15.5 Å². The summed E-state index contributed by atoms with van der Waals surface area (Å²) < 4.78 is 16.1. The monoisotopic (exact) mass is 369 g/mol. The number of ketones is 1. The topological polar surface area (TPSA) is 82.6 Å². The van der Waals surface area contributed by atoms with Gasteiger partial charge in [-0.05, 0) is 12.1 Å². The van der Waals surface area contributed by atoms with E-state index in [-0.39, 0.29) is 11.5 Å². The molecular weight excluding hydrogens is 350 g/mol. The molecule has 0 aliphatic rings. The minimum Gasteiger partial charge on any atom is -0.497 e. The number of carbonyl (C=O) groups is 1. The lowest BCUT2D eigenvalue weighted by molar-refractivity contribution is 0.101. The number of ether oxygens (including phenoxy) is 3. The van der Waals surface area contributed by atoms with Gasteiger partial charge in [-0.3, -0.25) is 4.79 Å². The molecule has 0 aliphatic heterocycles. The Morgan fingerprint density at radius 2 is 2.08 bits per heavy atom. The molecule has 1 heterocycles. The predicted molar refractivity (Wildman–Crippen MR) is 94.9 cm³/mol. The van der Waals surface area contributed by atoms with Crippen molar-refractivity contribution < 1.29 is 19.0 Å². The first kappa shape index (κ1) is 18.5. The van der Waals surface area contributed by atoms with Crippen LogP contribution in [0.1, 0.15) is 10.4 Å². The maximum Gasteiger partial charge on any atom is 0.206 e. The molecule has 0 radical (unpaired) electrons. The number of aromatic nitrogens is 2. The third-order valence-corrected chi connectivity index (χ3v) is 5.04. The Bertz CT molecular complexity index is 678. The Balaban J connectivity index is 1.93. The molecule has 0 unspecified atom stereocenters. The quantitative estimate of drug-likeness (QED) is 0.389. The van der Waals surface area contributed by atoms with Crippen LogP contribution in [0.2, 0.25) is 0 Å². The van der Waals surface area contributed by atoms with E-state index < -0.39 is 0 Å². The van der Waals surface area contributed by atoms with Gasteiger partial charge >= 0.3 is 0 Å². The molecule has 0 saturated carbocycles. The summed E-state index contributed by atoms with van der Waals surface area (Å²) in [5.41, 5.74) is 0.522. The summed E-state index contributed by atoms with van der Waals surface area (Å²) in [5, 5.41) is 11.9. The fourth-order valence-electron chi connectivity index (χ4n) is 1.83. The van der Waals surface area contributed by atoms with Crippen LogP contribution in [0, 0.1) is 0 Å². The first-order valence-electron chi connectivity index (χ1n) is 7.12. The SMILES string of the molecule is COCCNc1nnc(SCC(=O)c2ccc(OC)cc2OC)s1. The second-order valence-corrected chi connectivity index (χ2v) is 6.77. The number of methoxy groups -OCH3 is 3. The molecule has 1 aromatic heterocycles. The van der Waals surface area contributed by atoms with Gasteiger partial charge in [0.05, 0.1) is 32.1 Å². The van der Waals surface area contributed by atoms with Crippen molar-refractivity contribution in [2.45, 2.75) is 4.34 Å². The lowest BCUT2D eigenvalue weighted by atomic mass is 10.1. The summed E-state index contributed by atoms with van der Waals surface area (Å²) in [6.07, 6.45) is 0. The highest BCUT2D eigenvalue weighted by Crippen LogP contribution is 2.29. The van der Waals surface area contributed by atoms with Crippen LogP contribution in [0.25, 0.3) is 0 Å². The van der Waals surface area contributed by atoms with Crippen molar-refractivity contribution in [3.05, 3.63) is 23.8 Å². The third-order valence-electron chi connectivity index (χ3n) is 3.02. The van der Waals surface area contributed by atoms with E-state index in [1.807, 2.05) is 0 Å². The van der Waals surface area contributed by atoms with E-state index in [1.165, 1.54) is 30.2 Å². The Hall–Kier alpha value is -1.84. The number of hydrogen-bond donors (Lipinski definition) is 1. The van der Waals surface area contributed by atoms with Gasteiger partial charge < -0.3 is 19.5 Å². The van der Waals surface area contributed by atoms with Gasteiger partial charge in [0.2, 0.25) is 5.13 Å². The van der Waals surface area contributed by atoms with Crippen molar-refractivity contribution in [2.24, 2.45) is 0 Å². The van der Waals surface area contributed by atoms with Crippen molar-refractivity contribution in [3.8, 4) is 11.5 Å². The number of hydrogen-bond acceptors (Lipinski definition) is 9. The average Bonchev–Trinajstić information content (AvgIpc) is 3.07. The smallest absolute Gasteiger partial charge is 0.206 e. The fourth-order valence-corrected chi connectivity index (χ4v) is 3.49. The molecule has 0 bridgehead atoms. The summed E-state index contributed by atoms with van der Waals surface area (Å²) in [4.78, 5) is 12.4. The van der Waals surface area contributed by atoms with E-state index in [9.17, 15) is 4.79 Å². The van der Waals surface area contributed by atoms with E-state index in [0.717, 1.165) is 4.34 Å². The van der Waals surface area contributed by atoms with Gasteiger partial charge in [-0.1, -0.05) is 23.1 Å². The molecule has 0 saturated heterocycles. The zero-order valence-corrected chi connectivity index (χ0v) is 15.3. The number of thioether (sulfide) groups is 1. The largest absolute Gasteiger partial charge is 0.497 e. The van der Waals surface area contributed by atoms with Gasteiger partial charge in [-0.15, -0.1) is 10.2 Å². The van der Waals surface area contributed by atoms with Gasteiger partial charge in [-0.25, -0.2) is 0 Å². The molecule has 0 atom stereocenters. The number of nitrogens with one attached hydrogen (secondary N) is 1. The van der Waals surface area contributed by atoms with Gasteiger partial charge in [0, 0.05) is 19.7 Å². The maximum absolute atomic E-state index is 12.4. The Morgan fingerprint density at radius 3 is 2.79 bits per heavy atom. The van der Waals surface area contributed by atoms with E-state index >= 15 is 0 Å². The number of nitrogens with zero attached hydrogens (tertiary/aromatic N) is 2. The van der Waals surface area contributed by atoms with Crippen molar-refractivity contribution in [2.75, 3.05) is 45.6 Å². The van der Waals surface area contributed by atoms with Gasteiger partial charge in [0.1, 0.15) is 11.5 Å². The van der Waals surface area contributed by atoms with Crippen LogP contribution in [0.4, 0.5) is 5.13 Å². The third kappa shape index (κ3) is 5.08. The number of benzene rings is 1. The maximum atomic E-state index is 12.4. The van der Waals surface area contributed by atoms with E-state index in [0.29, 0.717) is 35.3 Å². The number of rotatable bonds is 10. The molecule has 130 valence electrons.